The van der Waals surface area contributed by atoms with Gasteiger partial charge < -0.3 is 4.57 Å². The molecule has 6 heteroatoms. The molecule has 1 aliphatic rings. The number of pyridine rings is 1. The van der Waals surface area contributed by atoms with Crippen molar-refractivity contribution >= 4 is 21.0 Å². The highest BCUT2D eigenvalue weighted by Gasteiger charge is 2.26. The predicted octanol–water partition coefficient (Wildman–Crippen LogP) is 1.82. The average Bonchev–Trinajstić information content (AvgIpc) is 2.76. The Morgan fingerprint density at radius 3 is 3.05 bits per heavy atom. The Morgan fingerprint density at radius 1 is 1.45 bits per heavy atom. The first-order valence-electron chi connectivity index (χ1n) is 7.09. The third kappa shape index (κ3) is 2.57. The van der Waals surface area contributed by atoms with E-state index in [9.17, 15) is 8.42 Å². The highest BCUT2D eigenvalue weighted by Crippen LogP contribution is 2.23. The molecule has 0 bridgehead atoms. The summed E-state index contributed by atoms with van der Waals surface area (Å²) in [5, 5.41) is 0. The molecule has 0 aliphatic carbocycles. The molecular weight excluding hydrogens is 274 g/mol. The largest absolute Gasteiger partial charge is 0.312 e. The van der Waals surface area contributed by atoms with Crippen LogP contribution in [0.4, 0.5) is 0 Å². The van der Waals surface area contributed by atoms with Crippen molar-refractivity contribution in [1.29, 1.82) is 0 Å². The van der Waals surface area contributed by atoms with E-state index in [1.807, 2.05) is 12.1 Å². The van der Waals surface area contributed by atoms with Gasteiger partial charge >= 0.3 is 0 Å². The molecule has 3 rings (SSSR count). The number of rotatable bonds is 3. The predicted molar refractivity (Wildman–Crippen MR) is 78.3 cm³/mol. The summed E-state index contributed by atoms with van der Waals surface area (Å²) >= 11 is 0. The van der Waals surface area contributed by atoms with E-state index >= 15 is 0 Å². The van der Waals surface area contributed by atoms with Gasteiger partial charge in [-0.3, -0.25) is 0 Å². The Balaban J connectivity index is 1.93. The maximum atomic E-state index is 11.8. The summed E-state index contributed by atoms with van der Waals surface area (Å²) in [5.41, 5.74) is 1.76. The van der Waals surface area contributed by atoms with Crippen LogP contribution >= 0.6 is 0 Å². The van der Waals surface area contributed by atoms with Gasteiger partial charge in [0.15, 0.2) is 15.5 Å². The molecule has 0 radical (unpaired) electrons. The van der Waals surface area contributed by atoms with Crippen molar-refractivity contribution in [2.75, 3.05) is 11.5 Å². The first-order chi connectivity index (χ1) is 9.59. The van der Waals surface area contributed by atoms with Gasteiger partial charge in [-0.15, -0.1) is 0 Å². The minimum Gasteiger partial charge on any atom is -0.312 e. The summed E-state index contributed by atoms with van der Waals surface area (Å²) in [6, 6.07) is 3.83. The van der Waals surface area contributed by atoms with Crippen LogP contribution in [0, 0.1) is 5.92 Å². The molecule has 20 heavy (non-hydrogen) atoms. The lowest BCUT2D eigenvalue weighted by Gasteiger charge is -2.23. The molecule has 0 N–H and O–H groups in total. The van der Waals surface area contributed by atoms with Gasteiger partial charge in [0.1, 0.15) is 11.3 Å². The van der Waals surface area contributed by atoms with Crippen molar-refractivity contribution < 1.29 is 8.42 Å². The number of aromatic nitrogens is 3. The zero-order valence-corrected chi connectivity index (χ0v) is 12.4. The van der Waals surface area contributed by atoms with E-state index < -0.39 is 9.84 Å². The molecule has 2 aromatic heterocycles. The quantitative estimate of drug-likeness (QED) is 0.866. The van der Waals surface area contributed by atoms with Crippen molar-refractivity contribution in [2.45, 2.75) is 32.7 Å². The number of fused-ring (bicyclic) bond motifs is 1. The molecule has 1 aliphatic heterocycles. The smallest absolute Gasteiger partial charge is 0.159 e. The van der Waals surface area contributed by atoms with Gasteiger partial charge in [-0.25, -0.2) is 18.4 Å². The highest BCUT2D eigenvalue weighted by atomic mass is 32.2. The third-order valence-electron chi connectivity index (χ3n) is 3.90. The average molecular weight is 293 g/mol. The minimum atomic E-state index is -2.86. The molecule has 1 unspecified atom stereocenters. The molecule has 108 valence electrons. The van der Waals surface area contributed by atoms with Gasteiger partial charge in [0, 0.05) is 19.2 Å². The normalized spacial score (nSPS) is 22.1. The van der Waals surface area contributed by atoms with Crippen molar-refractivity contribution in [1.82, 2.24) is 14.5 Å². The lowest BCUT2D eigenvalue weighted by Crippen LogP contribution is -2.28. The van der Waals surface area contributed by atoms with E-state index in [0.29, 0.717) is 18.1 Å². The summed E-state index contributed by atoms with van der Waals surface area (Å²) in [7, 11) is -2.86. The van der Waals surface area contributed by atoms with Gasteiger partial charge in [-0.1, -0.05) is 6.92 Å². The fraction of sp³-hybridized carbons (Fsp3) is 0.571. The molecule has 2 aromatic rings. The van der Waals surface area contributed by atoms with Crippen molar-refractivity contribution in [3.05, 3.63) is 24.2 Å². The van der Waals surface area contributed by atoms with Gasteiger partial charge in [0.25, 0.3) is 0 Å². The standard InChI is InChI=1S/C14H19N3O2S/c1-2-13-16-12-6-3-7-15-14(12)17(13)9-11-5-4-8-20(18,19)10-11/h3,6-7,11H,2,4-5,8-10H2,1H3. The molecular formula is C14H19N3O2S. The Morgan fingerprint density at radius 2 is 2.30 bits per heavy atom. The van der Waals surface area contributed by atoms with Crippen LogP contribution in [0.1, 0.15) is 25.6 Å². The maximum Gasteiger partial charge on any atom is 0.159 e. The Bertz CT molecular complexity index is 721. The molecule has 1 saturated heterocycles. The van der Waals surface area contributed by atoms with Crippen molar-refractivity contribution in [3.8, 4) is 0 Å². The lowest BCUT2D eigenvalue weighted by molar-refractivity contribution is 0.424. The Hall–Kier alpha value is -1.43. The second-order valence-electron chi connectivity index (χ2n) is 5.46. The zero-order chi connectivity index (χ0) is 14.2. The van der Waals surface area contributed by atoms with E-state index in [0.717, 1.165) is 36.3 Å². The second-order valence-corrected chi connectivity index (χ2v) is 7.69. The van der Waals surface area contributed by atoms with Crippen LogP contribution in [-0.4, -0.2) is 34.5 Å². The Labute approximate surface area is 119 Å². The summed E-state index contributed by atoms with van der Waals surface area (Å²) in [4.78, 5) is 8.99. The highest BCUT2D eigenvalue weighted by molar-refractivity contribution is 7.91. The van der Waals surface area contributed by atoms with E-state index in [4.69, 9.17) is 0 Å². The van der Waals surface area contributed by atoms with E-state index in [1.165, 1.54) is 0 Å². The molecule has 0 spiro atoms. The van der Waals surface area contributed by atoms with E-state index in [1.54, 1.807) is 6.20 Å². The van der Waals surface area contributed by atoms with Crippen LogP contribution in [0.15, 0.2) is 18.3 Å². The number of imidazole rings is 1. The first kappa shape index (κ1) is 13.5. The molecule has 0 amide bonds. The molecule has 5 nitrogen and oxygen atoms in total. The molecule has 0 aromatic carbocycles. The fourth-order valence-corrected chi connectivity index (χ4v) is 4.75. The third-order valence-corrected chi connectivity index (χ3v) is 5.79. The number of nitrogens with zero attached hydrogens (tertiary/aromatic N) is 3. The molecule has 1 atom stereocenters. The maximum absolute atomic E-state index is 11.8. The summed E-state index contributed by atoms with van der Waals surface area (Å²) < 4.78 is 25.6. The van der Waals surface area contributed by atoms with Gasteiger partial charge in [-0.2, -0.15) is 0 Å². The number of hydrogen-bond donors (Lipinski definition) is 0. The zero-order valence-electron chi connectivity index (χ0n) is 11.6. The number of hydrogen-bond acceptors (Lipinski definition) is 4. The van der Waals surface area contributed by atoms with E-state index in [2.05, 4.69) is 21.5 Å². The fourth-order valence-electron chi connectivity index (χ4n) is 2.99. The minimum absolute atomic E-state index is 0.179. The van der Waals surface area contributed by atoms with E-state index in [-0.39, 0.29) is 5.92 Å². The SMILES string of the molecule is CCc1nc2cccnc2n1CC1CCCS(=O)(=O)C1. The summed E-state index contributed by atoms with van der Waals surface area (Å²) in [5.74, 6) is 1.80. The van der Waals surface area contributed by atoms with Crippen LogP contribution in [0.3, 0.4) is 0 Å². The molecule has 3 heterocycles. The number of aryl methyl sites for hydroxylation is 1. The van der Waals surface area contributed by atoms with Crippen LogP contribution in [0.2, 0.25) is 0 Å². The second kappa shape index (κ2) is 5.16. The molecule has 1 fully saturated rings. The monoisotopic (exact) mass is 293 g/mol. The number of sulfone groups is 1. The van der Waals surface area contributed by atoms with Crippen molar-refractivity contribution in [2.24, 2.45) is 5.92 Å². The van der Waals surface area contributed by atoms with Crippen LogP contribution < -0.4 is 0 Å². The van der Waals surface area contributed by atoms with Crippen LogP contribution in [-0.2, 0) is 22.8 Å². The Kier molecular flexibility index (Phi) is 3.50. The van der Waals surface area contributed by atoms with Crippen molar-refractivity contribution in [3.63, 3.8) is 0 Å². The topological polar surface area (TPSA) is 64.8 Å². The van der Waals surface area contributed by atoms with Crippen LogP contribution in [0.5, 0.6) is 0 Å². The summed E-state index contributed by atoms with van der Waals surface area (Å²) in [6.45, 7) is 2.77. The van der Waals surface area contributed by atoms with Crippen LogP contribution in [0.25, 0.3) is 11.2 Å². The molecule has 0 saturated carbocycles. The van der Waals surface area contributed by atoms with Gasteiger partial charge in [-0.05, 0) is 30.9 Å². The van der Waals surface area contributed by atoms with Gasteiger partial charge in [0.05, 0.1) is 11.5 Å². The first-order valence-corrected chi connectivity index (χ1v) is 8.92. The lowest BCUT2D eigenvalue weighted by atomic mass is 10.1. The summed E-state index contributed by atoms with van der Waals surface area (Å²) in [6.07, 6.45) is 4.33. The van der Waals surface area contributed by atoms with Gasteiger partial charge in [0.2, 0.25) is 0 Å².